The topological polar surface area (TPSA) is 54.4 Å². The van der Waals surface area contributed by atoms with Crippen LogP contribution >= 0.6 is 0 Å². The molecule has 0 radical (unpaired) electrons. The van der Waals surface area contributed by atoms with Gasteiger partial charge >= 0.3 is 5.97 Å². The maximum Gasteiger partial charge on any atom is 0.332 e. The standard InChI is InChI=1S/C26H31N3O3/c1-6-32-24(30)15-17(2)29-26(19-7-11-20(12-8-19)28(3)4)22-14-10-18-9-13-21(31-5)16-23(18)25(22)27-29/h7-9,11-13,15-16,22,26H,6,10,14H2,1-5H3/b17-15+. The average molecular weight is 434 g/mol. The molecule has 2 aromatic rings. The van der Waals surface area contributed by atoms with Gasteiger partial charge in [-0.3, -0.25) is 5.01 Å². The van der Waals surface area contributed by atoms with E-state index in [9.17, 15) is 4.79 Å². The second-order valence-corrected chi connectivity index (χ2v) is 8.47. The lowest BCUT2D eigenvalue weighted by atomic mass is 9.77. The number of carbonyl (C=O) groups is 1. The van der Waals surface area contributed by atoms with Gasteiger partial charge in [0.15, 0.2) is 0 Å². The lowest BCUT2D eigenvalue weighted by molar-refractivity contribution is -0.137. The van der Waals surface area contributed by atoms with Crippen molar-refractivity contribution in [3.8, 4) is 5.75 Å². The highest BCUT2D eigenvalue weighted by atomic mass is 16.5. The monoisotopic (exact) mass is 433 g/mol. The van der Waals surface area contributed by atoms with Crippen LogP contribution in [-0.4, -0.2) is 44.5 Å². The number of aryl methyl sites for hydroxylation is 1. The molecule has 0 saturated carbocycles. The minimum absolute atomic E-state index is 0.0197. The highest BCUT2D eigenvalue weighted by Crippen LogP contribution is 2.45. The van der Waals surface area contributed by atoms with Gasteiger partial charge in [-0.05, 0) is 62.1 Å². The maximum absolute atomic E-state index is 12.2. The number of nitrogens with zero attached hydrogens (tertiary/aromatic N) is 3. The van der Waals surface area contributed by atoms with Gasteiger partial charge in [0.2, 0.25) is 0 Å². The van der Waals surface area contributed by atoms with Gasteiger partial charge in [0.1, 0.15) is 5.75 Å². The van der Waals surface area contributed by atoms with Crippen LogP contribution < -0.4 is 9.64 Å². The van der Waals surface area contributed by atoms with Crippen molar-refractivity contribution in [1.29, 1.82) is 0 Å². The maximum atomic E-state index is 12.2. The first-order chi connectivity index (χ1) is 15.4. The van der Waals surface area contributed by atoms with Gasteiger partial charge in [-0.25, -0.2) is 4.79 Å². The minimum Gasteiger partial charge on any atom is -0.497 e. The largest absolute Gasteiger partial charge is 0.497 e. The van der Waals surface area contributed by atoms with Gasteiger partial charge in [0.05, 0.1) is 25.5 Å². The van der Waals surface area contributed by atoms with Gasteiger partial charge in [0, 0.05) is 43.0 Å². The Balaban J connectivity index is 1.78. The van der Waals surface area contributed by atoms with E-state index in [2.05, 4.69) is 41.3 Å². The Hall–Kier alpha value is -3.28. The Bertz CT molecular complexity index is 1060. The normalized spacial score (nSPS) is 19.7. The first-order valence-corrected chi connectivity index (χ1v) is 11.1. The number of methoxy groups -OCH3 is 1. The van der Waals surface area contributed by atoms with E-state index in [0.717, 1.165) is 41.3 Å². The van der Waals surface area contributed by atoms with Crippen molar-refractivity contribution in [1.82, 2.24) is 5.01 Å². The second kappa shape index (κ2) is 9.07. The van der Waals surface area contributed by atoms with E-state index in [4.69, 9.17) is 14.6 Å². The summed E-state index contributed by atoms with van der Waals surface area (Å²) in [7, 11) is 5.76. The first-order valence-electron chi connectivity index (χ1n) is 11.1. The lowest BCUT2D eigenvalue weighted by Gasteiger charge is -2.31. The summed E-state index contributed by atoms with van der Waals surface area (Å²) in [5.74, 6) is 0.713. The van der Waals surface area contributed by atoms with Crippen molar-refractivity contribution in [2.24, 2.45) is 11.0 Å². The number of benzene rings is 2. The van der Waals surface area contributed by atoms with Crippen molar-refractivity contribution in [3.63, 3.8) is 0 Å². The molecule has 1 aliphatic heterocycles. The molecule has 0 saturated heterocycles. The van der Waals surface area contributed by atoms with Crippen molar-refractivity contribution >= 4 is 17.4 Å². The summed E-state index contributed by atoms with van der Waals surface area (Å²) < 4.78 is 10.6. The van der Waals surface area contributed by atoms with Crippen LogP contribution in [0, 0.1) is 5.92 Å². The Labute approximate surface area is 190 Å². The number of hydrogen-bond acceptors (Lipinski definition) is 6. The van der Waals surface area contributed by atoms with Gasteiger partial charge in [-0.2, -0.15) is 5.10 Å². The van der Waals surface area contributed by atoms with Crippen LogP contribution in [0.15, 0.2) is 59.3 Å². The fourth-order valence-electron chi connectivity index (χ4n) is 4.63. The Morgan fingerprint density at radius 1 is 1.22 bits per heavy atom. The number of allylic oxidation sites excluding steroid dienone is 1. The molecule has 2 aromatic carbocycles. The third kappa shape index (κ3) is 4.09. The number of fused-ring (bicyclic) bond motifs is 3. The van der Waals surface area contributed by atoms with Gasteiger partial charge in [-0.1, -0.05) is 18.2 Å². The molecule has 0 amide bonds. The zero-order chi connectivity index (χ0) is 22.8. The van der Waals surface area contributed by atoms with Crippen molar-refractivity contribution in [2.75, 3.05) is 32.7 Å². The number of esters is 1. The third-order valence-corrected chi connectivity index (χ3v) is 6.25. The van der Waals surface area contributed by atoms with Crippen LogP contribution in [0.5, 0.6) is 5.75 Å². The molecule has 32 heavy (non-hydrogen) atoms. The summed E-state index contributed by atoms with van der Waals surface area (Å²) in [4.78, 5) is 14.3. The zero-order valence-electron chi connectivity index (χ0n) is 19.5. The third-order valence-electron chi connectivity index (χ3n) is 6.25. The van der Waals surface area contributed by atoms with E-state index in [1.54, 1.807) is 13.2 Å². The van der Waals surface area contributed by atoms with Crippen LogP contribution in [0.25, 0.3) is 0 Å². The predicted octanol–water partition coefficient (Wildman–Crippen LogP) is 4.55. The quantitative estimate of drug-likeness (QED) is 0.494. The Kier molecular flexibility index (Phi) is 6.21. The molecule has 168 valence electrons. The van der Waals surface area contributed by atoms with Crippen LogP contribution in [0.1, 0.15) is 43.0 Å². The fraction of sp³-hybridized carbons (Fsp3) is 0.385. The highest BCUT2D eigenvalue weighted by Gasteiger charge is 2.42. The molecule has 0 fully saturated rings. The number of rotatable bonds is 6. The molecule has 1 aliphatic carbocycles. The highest BCUT2D eigenvalue weighted by molar-refractivity contribution is 6.06. The molecule has 6 nitrogen and oxygen atoms in total. The fourth-order valence-corrected chi connectivity index (χ4v) is 4.63. The average Bonchev–Trinajstić information content (AvgIpc) is 3.19. The van der Waals surface area contributed by atoms with Gasteiger partial charge in [-0.15, -0.1) is 0 Å². The summed E-state index contributed by atoms with van der Waals surface area (Å²) in [5.41, 5.74) is 6.59. The smallest absolute Gasteiger partial charge is 0.332 e. The number of hydrazone groups is 1. The van der Waals surface area contributed by atoms with Crippen LogP contribution in [0.3, 0.4) is 0 Å². The predicted molar refractivity (Wildman–Crippen MR) is 127 cm³/mol. The summed E-state index contributed by atoms with van der Waals surface area (Å²) in [6.45, 7) is 4.08. The van der Waals surface area contributed by atoms with E-state index >= 15 is 0 Å². The van der Waals surface area contributed by atoms with Crippen LogP contribution in [-0.2, 0) is 16.0 Å². The van der Waals surface area contributed by atoms with Gasteiger partial charge in [0.25, 0.3) is 0 Å². The lowest BCUT2D eigenvalue weighted by Crippen LogP contribution is -2.28. The Morgan fingerprint density at radius 2 is 1.97 bits per heavy atom. The number of carbonyl (C=O) groups excluding carboxylic acids is 1. The molecule has 0 bridgehead atoms. The first kappa shape index (κ1) is 21.9. The molecule has 1 heterocycles. The molecule has 2 unspecified atom stereocenters. The molecule has 4 rings (SSSR count). The van der Waals surface area contributed by atoms with E-state index in [-0.39, 0.29) is 17.9 Å². The van der Waals surface area contributed by atoms with E-state index in [1.165, 1.54) is 11.1 Å². The van der Waals surface area contributed by atoms with Crippen LogP contribution in [0.4, 0.5) is 5.69 Å². The summed E-state index contributed by atoms with van der Waals surface area (Å²) in [6.07, 6.45) is 3.53. The summed E-state index contributed by atoms with van der Waals surface area (Å²) >= 11 is 0. The molecule has 0 spiro atoms. The molecular formula is C26H31N3O3. The van der Waals surface area contributed by atoms with Crippen LogP contribution in [0.2, 0.25) is 0 Å². The number of anilines is 1. The van der Waals surface area contributed by atoms with E-state index < -0.39 is 0 Å². The van der Waals surface area contributed by atoms with E-state index in [0.29, 0.717) is 6.61 Å². The number of ether oxygens (including phenoxy) is 2. The van der Waals surface area contributed by atoms with Crippen molar-refractivity contribution in [3.05, 3.63) is 70.9 Å². The summed E-state index contributed by atoms with van der Waals surface area (Å²) in [6, 6.07) is 14.9. The van der Waals surface area contributed by atoms with Crippen molar-refractivity contribution in [2.45, 2.75) is 32.7 Å². The molecule has 0 N–H and O–H groups in total. The zero-order valence-corrected chi connectivity index (χ0v) is 19.5. The molecule has 0 aromatic heterocycles. The molecule has 6 heteroatoms. The Morgan fingerprint density at radius 3 is 2.62 bits per heavy atom. The molecule has 2 aliphatic rings. The van der Waals surface area contributed by atoms with Crippen molar-refractivity contribution < 1.29 is 14.3 Å². The number of hydrogen-bond donors (Lipinski definition) is 0. The summed E-state index contributed by atoms with van der Waals surface area (Å²) in [5, 5.41) is 7.06. The van der Waals surface area contributed by atoms with Gasteiger partial charge < -0.3 is 14.4 Å². The minimum atomic E-state index is -0.344. The molecule has 2 atom stereocenters. The van der Waals surface area contributed by atoms with E-state index in [1.807, 2.05) is 39.0 Å². The molecular weight excluding hydrogens is 402 g/mol. The second-order valence-electron chi connectivity index (χ2n) is 8.47. The SMILES string of the molecule is CCOC(=O)/C=C(\C)N1N=C2c3cc(OC)ccc3CCC2C1c1ccc(N(C)C)cc1.